The zero-order valence-electron chi connectivity index (χ0n) is 14.1. The molecule has 0 aliphatic heterocycles. The Hall–Kier alpha value is -2.95. The molecular weight excluding hydrogens is 372 g/mol. The van der Waals surface area contributed by atoms with E-state index in [2.05, 4.69) is 19.8 Å². The van der Waals surface area contributed by atoms with Crippen molar-refractivity contribution >= 4 is 11.0 Å². The summed E-state index contributed by atoms with van der Waals surface area (Å²) in [6.07, 6.45) is -4.93. The molecule has 2 N–H and O–H groups in total. The Labute approximate surface area is 149 Å². The minimum absolute atomic E-state index is 0.0122. The number of aliphatic hydroxyl groups excluding tert-OH is 1. The van der Waals surface area contributed by atoms with Crippen molar-refractivity contribution in [3.8, 4) is 5.75 Å². The smallest absolute Gasteiger partial charge is 0.406 e. The van der Waals surface area contributed by atoms with E-state index in [1.165, 1.54) is 11.6 Å². The van der Waals surface area contributed by atoms with Crippen LogP contribution in [-0.2, 0) is 6.61 Å². The lowest BCUT2D eigenvalue weighted by Crippen LogP contribution is -2.18. The van der Waals surface area contributed by atoms with Gasteiger partial charge in [-0.1, -0.05) is 6.07 Å². The molecule has 3 aromatic rings. The van der Waals surface area contributed by atoms with Crippen molar-refractivity contribution < 1.29 is 27.4 Å². The second-order valence-electron chi connectivity index (χ2n) is 5.81. The standard InChI is InChI=1S/C16H14F4N4O3/c1-7(10-4-3-9(5-11(10)17)27-16(18,19)20)24-14-13(12(6-25)23-24)15(26)22-8(2)21-14/h3-5,7,25H,6H2,1-2H3,(H,21,22,26)/t7-/m1/s1. The summed E-state index contributed by atoms with van der Waals surface area (Å²) in [4.78, 5) is 18.8. The quantitative estimate of drug-likeness (QED) is 0.673. The van der Waals surface area contributed by atoms with Gasteiger partial charge in [-0.3, -0.25) is 4.79 Å². The maximum absolute atomic E-state index is 14.4. The molecule has 2 heterocycles. The molecule has 0 saturated heterocycles. The Kier molecular flexibility index (Phi) is 4.64. The first-order chi connectivity index (χ1) is 12.6. The second-order valence-corrected chi connectivity index (χ2v) is 5.81. The number of nitrogens with zero attached hydrogens (tertiary/aromatic N) is 3. The predicted molar refractivity (Wildman–Crippen MR) is 85.7 cm³/mol. The summed E-state index contributed by atoms with van der Waals surface area (Å²) in [7, 11) is 0. The first-order valence-corrected chi connectivity index (χ1v) is 7.74. The summed E-state index contributed by atoms with van der Waals surface area (Å²) >= 11 is 0. The van der Waals surface area contributed by atoms with Gasteiger partial charge in [-0.2, -0.15) is 5.10 Å². The number of fused-ring (bicyclic) bond motifs is 1. The molecule has 27 heavy (non-hydrogen) atoms. The molecule has 0 spiro atoms. The molecule has 2 aromatic heterocycles. The first kappa shape index (κ1) is 18.8. The van der Waals surface area contributed by atoms with E-state index >= 15 is 0 Å². The van der Waals surface area contributed by atoms with E-state index in [-0.39, 0.29) is 22.3 Å². The highest BCUT2D eigenvalue weighted by Gasteiger charge is 2.31. The topological polar surface area (TPSA) is 93.0 Å². The number of benzene rings is 1. The normalized spacial score (nSPS) is 13.1. The summed E-state index contributed by atoms with van der Waals surface area (Å²) in [5, 5.41) is 13.6. The number of rotatable bonds is 4. The average Bonchev–Trinajstić information content (AvgIpc) is 2.91. The van der Waals surface area contributed by atoms with E-state index in [9.17, 15) is 27.5 Å². The van der Waals surface area contributed by atoms with Crippen LogP contribution in [0.1, 0.15) is 30.0 Å². The van der Waals surface area contributed by atoms with Crippen molar-refractivity contribution in [2.75, 3.05) is 0 Å². The Morgan fingerprint density at radius 3 is 2.67 bits per heavy atom. The number of aromatic nitrogens is 4. The third-order valence-corrected chi connectivity index (χ3v) is 3.92. The van der Waals surface area contributed by atoms with Gasteiger partial charge in [-0.05, 0) is 19.9 Å². The highest BCUT2D eigenvalue weighted by atomic mass is 19.4. The zero-order valence-corrected chi connectivity index (χ0v) is 14.1. The molecule has 144 valence electrons. The highest BCUT2D eigenvalue weighted by molar-refractivity contribution is 5.77. The number of nitrogens with one attached hydrogen (secondary N) is 1. The van der Waals surface area contributed by atoms with E-state index in [0.29, 0.717) is 11.9 Å². The number of aryl methyl sites for hydroxylation is 1. The number of aromatic amines is 1. The van der Waals surface area contributed by atoms with Crippen LogP contribution in [0.4, 0.5) is 17.6 Å². The van der Waals surface area contributed by atoms with Crippen LogP contribution in [0, 0.1) is 12.7 Å². The van der Waals surface area contributed by atoms with Crippen LogP contribution in [0.25, 0.3) is 11.0 Å². The van der Waals surface area contributed by atoms with Crippen LogP contribution in [0.2, 0.25) is 0 Å². The lowest BCUT2D eigenvalue weighted by molar-refractivity contribution is -0.274. The summed E-state index contributed by atoms with van der Waals surface area (Å²) in [5.41, 5.74) is -0.307. The average molecular weight is 386 g/mol. The van der Waals surface area contributed by atoms with Crippen LogP contribution >= 0.6 is 0 Å². The van der Waals surface area contributed by atoms with E-state index in [4.69, 9.17) is 0 Å². The van der Waals surface area contributed by atoms with Crippen LogP contribution in [0.5, 0.6) is 5.75 Å². The van der Waals surface area contributed by atoms with Gasteiger partial charge >= 0.3 is 6.36 Å². The molecule has 11 heteroatoms. The van der Waals surface area contributed by atoms with Crippen molar-refractivity contribution in [2.45, 2.75) is 32.9 Å². The van der Waals surface area contributed by atoms with E-state index in [0.717, 1.165) is 12.1 Å². The van der Waals surface area contributed by atoms with Gasteiger partial charge in [0.1, 0.15) is 28.5 Å². The monoisotopic (exact) mass is 386 g/mol. The zero-order chi connectivity index (χ0) is 19.9. The van der Waals surface area contributed by atoms with Crippen LogP contribution in [0.15, 0.2) is 23.0 Å². The molecule has 7 nitrogen and oxygen atoms in total. The van der Waals surface area contributed by atoms with Gasteiger partial charge in [0, 0.05) is 11.6 Å². The number of halogens is 4. The molecule has 0 saturated carbocycles. The molecule has 0 aliphatic carbocycles. The Balaban J connectivity index is 2.09. The van der Waals surface area contributed by atoms with Crippen LogP contribution in [-0.4, -0.2) is 31.2 Å². The molecule has 0 bridgehead atoms. The van der Waals surface area contributed by atoms with Gasteiger partial charge in [0.05, 0.1) is 12.6 Å². The van der Waals surface area contributed by atoms with Crippen molar-refractivity contribution in [3.05, 3.63) is 51.5 Å². The fourth-order valence-corrected chi connectivity index (χ4v) is 2.78. The van der Waals surface area contributed by atoms with Crippen molar-refractivity contribution in [1.29, 1.82) is 0 Å². The van der Waals surface area contributed by atoms with Crippen molar-refractivity contribution in [3.63, 3.8) is 0 Å². The maximum Gasteiger partial charge on any atom is 0.573 e. The van der Waals surface area contributed by atoms with Crippen molar-refractivity contribution in [2.24, 2.45) is 0 Å². The van der Waals surface area contributed by atoms with Gasteiger partial charge in [-0.15, -0.1) is 13.2 Å². The molecule has 0 amide bonds. The lowest BCUT2D eigenvalue weighted by atomic mass is 10.1. The Bertz CT molecular complexity index is 1060. The molecule has 1 aromatic carbocycles. The predicted octanol–water partition coefficient (Wildman–Crippen LogP) is 2.57. The minimum Gasteiger partial charge on any atom is -0.406 e. The van der Waals surface area contributed by atoms with Crippen LogP contribution in [0.3, 0.4) is 0 Å². The fourth-order valence-electron chi connectivity index (χ4n) is 2.78. The molecule has 0 radical (unpaired) electrons. The molecule has 0 fully saturated rings. The van der Waals surface area contributed by atoms with Crippen molar-refractivity contribution in [1.82, 2.24) is 19.7 Å². The Morgan fingerprint density at radius 2 is 2.07 bits per heavy atom. The van der Waals surface area contributed by atoms with Gasteiger partial charge in [0.15, 0.2) is 5.65 Å². The summed E-state index contributed by atoms with van der Waals surface area (Å²) in [5.74, 6) is -1.34. The number of H-pyrrole nitrogens is 1. The summed E-state index contributed by atoms with van der Waals surface area (Å²) < 4.78 is 56.1. The summed E-state index contributed by atoms with van der Waals surface area (Å²) in [6, 6.07) is 1.91. The number of aliphatic hydroxyl groups is 1. The largest absolute Gasteiger partial charge is 0.573 e. The van der Waals surface area contributed by atoms with E-state index < -0.39 is 36.1 Å². The second kappa shape index (κ2) is 6.65. The van der Waals surface area contributed by atoms with Gasteiger partial charge in [-0.25, -0.2) is 14.1 Å². The number of alkyl halides is 3. The minimum atomic E-state index is -4.93. The number of hydrogen-bond acceptors (Lipinski definition) is 5. The summed E-state index contributed by atoms with van der Waals surface area (Å²) in [6.45, 7) is 2.55. The van der Waals surface area contributed by atoms with E-state index in [1.54, 1.807) is 6.92 Å². The molecule has 1 atom stereocenters. The third-order valence-electron chi connectivity index (χ3n) is 3.92. The lowest BCUT2D eigenvalue weighted by Gasteiger charge is -2.16. The number of ether oxygens (including phenoxy) is 1. The van der Waals surface area contributed by atoms with Gasteiger partial charge < -0.3 is 14.8 Å². The molecule has 3 rings (SSSR count). The maximum atomic E-state index is 14.4. The van der Waals surface area contributed by atoms with Gasteiger partial charge in [0.2, 0.25) is 0 Å². The van der Waals surface area contributed by atoms with E-state index in [1.807, 2.05) is 0 Å². The fraction of sp³-hybridized carbons (Fsp3) is 0.312. The third kappa shape index (κ3) is 3.63. The van der Waals surface area contributed by atoms with Gasteiger partial charge in [0.25, 0.3) is 5.56 Å². The molecule has 0 aliphatic rings. The number of hydrogen-bond donors (Lipinski definition) is 2. The first-order valence-electron chi connectivity index (χ1n) is 7.74. The SMILES string of the molecule is Cc1nc2c(c(CO)nn2[C@H](C)c2ccc(OC(F)(F)F)cc2F)c(=O)[nH]1. The van der Waals surface area contributed by atoms with Crippen LogP contribution < -0.4 is 10.3 Å². The highest BCUT2D eigenvalue weighted by Crippen LogP contribution is 2.29. The molecule has 0 unspecified atom stereocenters. The Morgan fingerprint density at radius 1 is 1.37 bits per heavy atom. The molecular formula is C16H14F4N4O3.